The molecule has 2 unspecified atom stereocenters. The lowest BCUT2D eigenvalue weighted by Crippen LogP contribution is -2.73. The van der Waals surface area contributed by atoms with Crippen LogP contribution in [0.1, 0.15) is 86.0 Å². The molecular formula is C28H47N3O2. The zero-order valence-corrected chi connectivity index (χ0v) is 21.7. The number of piperazine rings is 1. The van der Waals surface area contributed by atoms with Crippen molar-refractivity contribution in [1.82, 2.24) is 15.1 Å². The number of carbonyl (C=O) groups is 2. The Labute approximate surface area is 202 Å². The van der Waals surface area contributed by atoms with Crippen molar-refractivity contribution in [2.24, 2.45) is 17.8 Å². The van der Waals surface area contributed by atoms with Gasteiger partial charge in [-0.25, -0.2) is 0 Å². The number of nitrogens with one attached hydrogen (secondary N) is 1. The molecule has 2 aliphatic heterocycles. The summed E-state index contributed by atoms with van der Waals surface area (Å²) in [7, 11) is 0. The molecular weight excluding hydrogens is 410 g/mol. The van der Waals surface area contributed by atoms with Crippen LogP contribution >= 0.6 is 0 Å². The van der Waals surface area contributed by atoms with Crippen LogP contribution in [0.2, 0.25) is 0 Å². The average Bonchev–Trinajstić information content (AvgIpc) is 2.77. The van der Waals surface area contributed by atoms with Gasteiger partial charge in [0.15, 0.2) is 0 Å². The van der Waals surface area contributed by atoms with Crippen molar-refractivity contribution in [3.63, 3.8) is 0 Å². The Morgan fingerprint density at radius 3 is 2.48 bits per heavy atom. The van der Waals surface area contributed by atoms with E-state index in [0.717, 1.165) is 51.7 Å². The van der Waals surface area contributed by atoms with Gasteiger partial charge >= 0.3 is 0 Å². The van der Waals surface area contributed by atoms with Crippen LogP contribution in [0.5, 0.6) is 0 Å². The Balaban J connectivity index is 1.55. The van der Waals surface area contributed by atoms with Gasteiger partial charge < -0.3 is 15.1 Å². The summed E-state index contributed by atoms with van der Waals surface area (Å²) in [6.07, 6.45) is 15.0. The predicted octanol–water partition coefficient (Wildman–Crippen LogP) is 4.93. The summed E-state index contributed by atoms with van der Waals surface area (Å²) in [5, 5.41) is 3.11. The number of rotatable bonds is 9. The predicted molar refractivity (Wildman–Crippen MR) is 136 cm³/mol. The third kappa shape index (κ3) is 6.49. The number of nitrogens with zero attached hydrogens (tertiary/aromatic N) is 2. The number of amides is 2. The fraction of sp³-hybridized carbons (Fsp3) is 0.786. The van der Waals surface area contributed by atoms with Crippen molar-refractivity contribution >= 4 is 11.8 Å². The molecule has 0 aromatic carbocycles. The highest BCUT2D eigenvalue weighted by atomic mass is 16.2. The Morgan fingerprint density at radius 2 is 1.91 bits per heavy atom. The second kappa shape index (κ2) is 11.7. The lowest BCUT2D eigenvalue weighted by molar-refractivity contribution is -0.161. The molecule has 0 aromatic rings. The fourth-order valence-corrected chi connectivity index (χ4v) is 5.81. The summed E-state index contributed by atoms with van der Waals surface area (Å²) >= 11 is 0. The van der Waals surface area contributed by atoms with Crippen LogP contribution in [0.15, 0.2) is 23.8 Å². The maximum atomic E-state index is 13.3. The van der Waals surface area contributed by atoms with E-state index in [1.165, 1.54) is 19.3 Å². The lowest BCUT2D eigenvalue weighted by atomic mass is 9.80. The number of hydrogen-bond donors (Lipinski definition) is 1. The van der Waals surface area contributed by atoms with Gasteiger partial charge in [0.1, 0.15) is 11.6 Å². The standard InChI is InChI=1S/C28H47N3O2/c1-6-16-31-26(32)25(19-22(4)5)29-27(33)28(31)14-17-30(18-15-28)20-24-12-10-23(11-13-24)9-7-8-21(2)3/h7-8,10,21-22,24-25H,6,9,11-20H2,1-5H3,(H,29,33)/b8-7+. The lowest BCUT2D eigenvalue weighted by Gasteiger charge is -2.52. The van der Waals surface area contributed by atoms with Crippen LogP contribution in [0, 0.1) is 17.8 Å². The van der Waals surface area contributed by atoms with E-state index in [4.69, 9.17) is 0 Å². The quantitative estimate of drug-likeness (QED) is 0.499. The molecule has 3 aliphatic rings. The van der Waals surface area contributed by atoms with Crippen molar-refractivity contribution in [2.45, 2.75) is 97.6 Å². The zero-order chi connectivity index (χ0) is 24.0. The SMILES string of the molecule is CCCN1C(=O)C(CC(C)C)NC(=O)C12CCN(CC1CC=C(C/C=C/C(C)C)CC1)CC2. The molecule has 1 spiro atoms. The second-order valence-corrected chi connectivity index (χ2v) is 11.4. The summed E-state index contributed by atoms with van der Waals surface area (Å²) in [6, 6.07) is -0.355. The Kier molecular flexibility index (Phi) is 9.20. The first-order valence-corrected chi connectivity index (χ1v) is 13.4. The van der Waals surface area contributed by atoms with E-state index in [9.17, 15) is 9.59 Å². The smallest absolute Gasteiger partial charge is 0.246 e. The number of hydrogen-bond acceptors (Lipinski definition) is 3. The number of likely N-dealkylation sites (tertiary alicyclic amines) is 1. The van der Waals surface area contributed by atoms with E-state index in [2.05, 4.69) is 63.1 Å². The van der Waals surface area contributed by atoms with Gasteiger partial charge in [-0.05, 0) is 69.1 Å². The second-order valence-electron chi connectivity index (χ2n) is 11.4. The normalized spacial score (nSPS) is 26.5. The molecule has 0 radical (unpaired) electrons. The van der Waals surface area contributed by atoms with Crippen LogP contribution in [0.4, 0.5) is 0 Å². The highest BCUT2D eigenvalue weighted by Gasteiger charge is 2.53. The first-order valence-electron chi connectivity index (χ1n) is 13.4. The molecule has 2 atom stereocenters. The Bertz CT molecular complexity index is 731. The van der Waals surface area contributed by atoms with Gasteiger partial charge in [-0.15, -0.1) is 0 Å². The van der Waals surface area contributed by atoms with Crippen molar-refractivity contribution in [1.29, 1.82) is 0 Å². The number of piperidine rings is 1. The zero-order valence-electron chi connectivity index (χ0n) is 21.7. The van der Waals surface area contributed by atoms with E-state index in [1.807, 2.05) is 4.90 Å². The van der Waals surface area contributed by atoms with Crippen molar-refractivity contribution in [3.05, 3.63) is 23.8 Å². The first kappa shape index (κ1) is 26.0. The van der Waals surface area contributed by atoms with Gasteiger partial charge in [0.05, 0.1) is 0 Å². The minimum Gasteiger partial charge on any atom is -0.342 e. The number of allylic oxidation sites excluding steroid dienone is 4. The molecule has 33 heavy (non-hydrogen) atoms. The molecule has 0 aromatic heterocycles. The average molecular weight is 458 g/mol. The summed E-state index contributed by atoms with van der Waals surface area (Å²) < 4.78 is 0. The van der Waals surface area contributed by atoms with Gasteiger partial charge in [0.25, 0.3) is 0 Å². The third-order valence-corrected chi connectivity index (χ3v) is 7.68. The van der Waals surface area contributed by atoms with Gasteiger partial charge in [0, 0.05) is 26.2 Å². The summed E-state index contributed by atoms with van der Waals surface area (Å²) in [6.45, 7) is 14.4. The molecule has 1 N–H and O–H groups in total. The molecule has 5 nitrogen and oxygen atoms in total. The molecule has 0 bridgehead atoms. The molecule has 2 fully saturated rings. The fourth-order valence-electron chi connectivity index (χ4n) is 5.81. The van der Waals surface area contributed by atoms with Gasteiger partial charge in [-0.3, -0.25) is 9.59 Å². The van der Waals surface area contributed by atoms with Gasteiger partial charge in [-0.1, -0.05) is 58.4 Å². The van der Waals surface area contributed by atoms with E-state index >= 15 is 0 Å². The molecule has 2 amide bonds. The molecule has 2 saturated heterocycles. The van der Waals surface area contributed by atoms with Gasteiger partial charge in [-0.2, -0.15) is 0 Å². The first-order chi connectivity index (χ1) is 15.7. The maximum Gasteiger partial charge on any atom is 0.246 e. The van der Waals surface area contributed by atoms with Crippen LogP contribution in [-0.4, -0.2) is 59.4 Å². The molecule has 0 saturated carbocycles. The maximum absolute atomic E-state index is 13.3. The van der Waals surface area contributed by atoms with Crippen molar-refractivity contribution in [2.75, 3.05) is 26.2 Å². The summed E-state index contributed by atoms with van der Waals surface area (Å²) in [5.41, 5.74) is 0.948. The molecule has 186 valence electrons. The highest BCUT2D eigenvalue weighted by molar-refractivity contribution is 6.00. The van der Waals surface area contributed by atoms with Crippen molar-refractivity contribution < 1.29 is 9.59 Å². The molecule has 2 heterocycles. The van der Waals surface area contributed by atoms with Gasteiger partial charge in [0.2, 0.25) is 11.8 Å². The topological polar surface area (TPSA) is 52.7 Å². The largest absolute Gasteiger partial charge is 0.342 e. The van der Waals surface area contributed by atoms with Crippen molar-refractivity contribution in [3.8, 4) is 0 Å². The number of carbonyl (C=O) groups excluding carboxylic acids is 2. The van der Waals surface area contributed by atoms with E-state index in [1.54, 1.807) is 5.57 Å². The molecule has 3 rings (SSSR count). The minimum absolute atomic E-state index is 0.0838. The van der Waals surface area contributed by atoms with E-state index in [0.29, 0.717) is 24.3 Å². The summed E-state index contributed by atoms with van der Waals surface area (Å²) in [5.74, 6) is 1.94. The Morgan fingerprint density at radius 1 is 1.18 bits per heavy atom. The van der Waals surface area contributed by atoms with Crippen LogP contribution in [0.3, 0.4) is 0 Å². The Hall–Kier alpha value is -1.62. The molecule has 5 heteroatoms. The van der Waals surface area contributed by atoms with Crippen LogP contribution in [0.25, 0.3) is 0 Å². The van der Waals surface area contributed by atoms with Crippen LogP contribution in [-0.2, 0) is 9.59 Å². The van der Waals surface area contributed by atoms with E-state index < -0.39 is 5.54 Å². The third-order valence-electron chi connectivity index (χ3n) is 7.68. The summed E-state index contributed by atoms with van der Waals surface area (Å²) in [4.78, 5) is 31.1. The molecule has 1 aliphatic carbocycles. The monoisotopic (exact) mass is 457 g/mol. The highest BCUT2D eigenvalue weighted by Crippen LogP contribution is 2.35. The van der Waals surface area contributed by atoms with Crippen LogP contribution < -0.4 is 5.32 Å². The minimum atomic E-state index is -0.639. The van der Waals surface area contributed by atoms with E-state index in [-0.39, 0.29) is 17.9 Å².